The second-order valence-electron chi connectivity index (χ2n) is 6.77. The maximum Gasteiger partial charge on any atom is 0.264 e. The lowest BCUT2D eigenvalue weighted by molar-refractivity contribution is 0.0785. The van der Waals surface area contributed by atoms with Crippen molar-refractivity contribution in [3.05, 3.63) is 94.8 Å². The molecular formula is C22H20ClFN2O3S. The predicted molar refractivity (Wildman–Crippen MR) is 116 cm³/mol. The smallest absolute Gasteiger partial charge is 0.264 e. The van der Waals surface area contributed by atoms with E-state index < -0.39 is 15.8 Å². The molecule has 0 aliphatic rings. The summed E-state index contributed by atoms with van der Waals surface area (Å²) in [5, 5.41) is 0.574. The maximum atomic E-state index is 13.1. The average Bonchev–Trinajstić information content (AvgIpc) is 2.73. The molecule has 3 rings (SSSR count). The van der Waals surface area contributed by atoms with Gasteiger partial charge in [0.2, 0.25) is 0 Å². The molecule has 1 amide bonds. The summed E-state index contributed by atoms with van der Waals surface area (Å²) in [6.45, 7) is 0.325. The van der Waals surface area contributed by atoms with E-state index in [1.165, 1.54) is 54.4 Å². The fourth-order valence-corrected chi connectivity index (χ4v) is 4.39. The number of rotatable bonds is 6. The third-order valence-corrected chi connectivity index (χ3v) is 6.60. The largest absolute Gasteiger partial charge is 0.337 e. The summed E-state index contributed by atoms with van der Waals surface area (Å²) in [6.07, 6.45) is 0. The van der Waals surface area contributed by atoms with Gasteiger partial charge in [-0.3, -0.25) is 9.10 Å². The standard InChI is InChI=1S/C22H20ClFN2O3S/c1-25(15-16-5-3-7-18(23)13-16)22(27)17-6-4-8-21(14-17)30(28,29)26(2)20-11-9-19(24)10-12-20/h3-14H,15H2,1-2H3. The predicted octanol–water partition coefficient (Wildman–Crippen LogP) is 4.58. The van der Waals surface area contributed by atoms with Crippen molar-refractivity contribution in [2.75, 3.05) is 18.4 Å². The monoisotopic (exact) mass is 446 g/mol. The van der Waals surface area contributed by atoms with E-state index in [0.717, 1.165) is 9.87 Å². The zero-order chi connectivity index (χ0) is 21.9. The van der Waals surface area contributed by atoms with Gasteiger partial charge in [0.15, 0.2) is 0 Å². The highest BCUT2D eigenvalue weighted by Crippen LogP contribution is 2.23. The number of benzene rings is 3. The van der Waals surface area contributed by atoms with Crippen LogP contribution in [0.5, 0.6) is 0 Å². The summed E-state index contributed by atoms with van der Waals surface area (Å²) in [5.74, 6) is -0.781. The molecule has 0 N–H and O–H groups in total. The van der Waals surface area contributed by atoms with Crippen LogP contribution in [-0.4, -0.2) is 33.3 Å². The summed E-state index contributed by atoms with van der Waals surface area (Å²) in [5.41, 5.74) is 1.41. The van der Waals surface area contributed by atoms with E-state index in [1.54, 1.807) is 31.3 Å². The van der Waals surface area contributed by atoms with E-state index in [0.29, 0.717) is 17.3 Å². The molecule has 0 bridgehead atoms. The average molecular weight is 447 g/mol. The van der Waals surface area contributed by atoms with Gasteiger partial charge < -0.3 is 4.90 Å². The van der Waals surface area contributed by atoms with Crippen LogP contribution in [-0.2, 0) is 16.6 Å². The number of anilines is 1. The summed E-state index contributed by atoms with van der Waals surface area (Å²) >= 11 is 5.99. The van der Waals surface area contributed by atoms with E-state index in [4.69, 9.17) is 11.6 Å². The Bertz CT molecular complexity index is 1170. The Morgan fingerprint density at radius 3 is 2.30 bits per heavy atom. The van der Waals surface area contributed by atoms with Crippen molar-refractivity contribution in [3.8, 4) is 0 Å². The summed E-state index contributed by atoms with van der Waals surface area (Å²) < 4.78 is 40.2. The van der Waals surface area contributed by atoms with Gasteiger partial charge in [-0.15, -0.1) is 0 Å². The molecule has 30 heavy (non-hydrogen) atoms. The van der Waals surface area contributed by atoms with Crippen molar-refractivity contribution in [1.82, 2.24) is 4.90 Å². The minimum absolute atomic E-state index is 0.0312. The Hall–Kier alpha value is -2.90. The van der Waals surface area contributed by atoms with Crippen molar-refractivity contribution in [2.24, 2.45) is 0 Å². The highest BCUT2D eigenvalue weighted by atomic mass is 35.5. The number of sulfonamides is 1. The topological polar surface area (TPSA) is 57.7 Å². The van der Waals surface area contributed by atoms with Crippen molar-refractivity contribution in [3.63, 3.8) is 0 Å². The SMILES string of the molecule is CN(Cc1cccc(Cl)c1)C(=O)c1cccc(S(=O)(=O)N(C)c2ccc(F)cc2)c1. The van der Waals surface area contributed by atoms with Gasteiger partial charge in [0, 0.05) is 31.2 Å². The van der Waals surface area contributed by atoms with E-state index >= 15 is 0 Å². The lowest BCUT2D eigenvalue weighted by Crippen LogP contribution is -2.28. The van der Waals surface area contributed by atoms with Crippen LogP contribution in [0.15, 0.2) is 77.7 Å². The number of halogens is 2. The fourth-order valence-electron chi connectivity index (χ4n) is 2.94. The molecule has 0 unspecified atom stereocenters. The van der Waals surface area contributed by atoms with Crippen LogP contribution >= 0.6 is 11.6 Å². The molecule has 0 aliphatic carbocycles. The van der Waals surface area contributed by atoms with Gasteiger partial charge in [-0.25, -0.2) is 12.8 Å². The van der Waals surface area contributed by atoms with Gasteiger partial charge in [0.05, 0.1) is 10.6 Å². The van der Waals surface area contributed by atoms with Crippen LogP contribution in [0.2, 0.25) is 5.02 Å². The number of nitrogens with zero attached hydrogens (tertiary/aromatic N) is 2. The number of carbonyl (C=O) groups is 1. The van der Waals surface area contributed by atoms with Gasteiger partial charge in [-0.2, -0.15) is 0 Å². The maximum absolute atomic E-state index is 13.1. The lowest BCUT2D eigenvalue weighted by atomic mass is 10.1. The normalized spacial score (nSPS) is 11.2. The number of hydrogen-bond donors (Lipinski definition) is 0. The van der Waals surface area contributed by atoms with Crippen molar-refractivity contribution >= 4 is 33.2 Å². The van der Waals surface area contributed by atoms with Gasteiger partial charge in [-0.05, 0) is 60.2 Å². The fraction of sp³-hybridized carbons (Fsp3) is 0.136. The molecule has 0 aliphatic heterocycles. The molecule has 0 aromatic heterocycles. The molecule has 0 saturated heterocycles. The summed E-state index contributed by atoms with van der Waals surface area (Å²) in [4.78, 5) is 14.3. The second-order valence-corrected chi connectivity index (χ2v) is 9.17. The Morgan fingerprint density at radius 2 is 1.63 bits per heavy atom. The molecule has 8 heteroatoms. The van der Waals surface area contributed by atoms with Crippen LogP contribution < -0.4 is 4.31 Å². The van der Waals surface area contributed by atoms with Crippen LogP contribution in [0.1, 0.15) is 15.9 Å². The molecule has 0 spiro atoms. The zero-order valence-electron chi connectivity index (χ0n) is 16.4. The van der Waals surface area contributed by atoms with Crippen molar-refractivity contribution < 1.29 is 17.6 Å². The molecule has 0 atom stereocenters. The Morgan fingerprint density at radius 1 is 0.967 bits per heavy atom. The summed E-state index contributed by atoms with van der Waals surface area (Å²) in [6, 6.07) is 18.1. The van der Waals surface area contributed by atoms with Crippen LogP contribution in [0, 0.1) is 5.82 Å². The molecular weight excluding hydrogens is 427 g/mol. The summed E-state index contributed by atoms with van der Waals surface area (Å²) in [7, 11) is -0.917. The van der Waals surface area contributed by atoms with Crippen molar-refractivity contribution in [1.29, 1.82) is 0 Å². The first-order chi connectivity index (χ1) is 14.2. The van der Waals surface area contributed by atoms with Gasteiger partial charge in [0.25, 0.3) is 15.9 Å². The molecule has 0 fully saturated rings. The third kappa shape index (κ3) is 4.80. The molecule has 3 aromatic rings. The third-order valence-electron chi connectivity index (χ3n) is 4.59. The molecule has 0 radical (unpaired) electrons. The second kappa shape index (κ2) is 8.85. The first-order valence-corrected chi connectivity index (χ1v) is 10.8. The van der Waals surface area contributed by atoms with E-state index in [-0.39, 0.29) is 16.4 Å². The minimum atomic E-state index is -3.93. The first-order valence-electron chi connectivity index (χ1n) is 9.03. The first kappa shape index (κ1) is 21.8. The quantitative estimate of drug-likeness (QED) is 0.557. The van der Waals surface area contributed by atoms with Crippen LogP contribution in [0.3, 0.4) is 0 Å². The highest BCUT2D eigenvalue weighted by Gasteiger charge is 2.23. The van der Waals surface area contributed by atoms with E-state index in [1.807, 2.05) is 6.07 Å². The Labute approximate surface area is 180 Å². The Kier molecular flexibility index (Phi) is 6.43. The Balaban J connectivity index is 1.83. The van der Waals surface area contributed by atoms with E-state index in [2.05, 4.69) is 0 Å². The van der Waals surface area contributed by atoms with Crippen LogP contribution in [0.4, 0.5) is 10.1 Å². The van der Waals surface area contributed by atoms with Crippen LogP contribution in [0.25, 0.3) is 0 Å². The minimum Gasteiger partial charge on any atom is -0.337 e. The number of carbonyl (C=O) groups excluding carboxylic acids is 1. The molecule has 156 valence electrons. The molecule has 0 saturated carbocycles. The number of amides is 1. The van der Waals surface area contributed by atoms with E-state index in [9.17, 15) is 17.6 Å². The molecule has 5 nitrogen and oxygen atoms in total. The zero-order valence-corrected chi connectivity index (χ0v) is 18.0. The van der Waals surface area contributed by atoms with Gasteiger partial charge >= 0.3 is 0 Å². The lowest BCUT2D eigenvalue weighted by Gasteiger charge is -2.21. The van der Waals surface area contributed by atoms with Crippen molar-refractivity contribution in [2.45, 2.75) is 11.4 Å². The van der Waals surface area contributed by atoms with Gasteiger partial charge in [0.1, 0.15) is 5.82 Å². The number of hydrogen-bond acceptors (Lipinski definition) is 3. The molecule has 0 heterocycles. The molecule has 3 aromatic carbocycles. The highest BCUT2D eigenvalue weighted by molar-refractivity contribution is 7.92. The van der Waals surface area contributed by atoms with Gasteiger partial charge in [-0.1, -0.05) is 29.8 Å².